The largest absolute Gasteiger partial charge is 0.508 e. The number of nitrogens with one attached hydrogen (secondary N) is 2. The number of thiol groups is 1. The van der Waals surface area contributed by atoms with Gasteiger partial charge in [-0.25, -0.2) is 9.59 Å². The maximum absolute atomic E-state index is 13.9. The van der Waals surface area contributed by atoms with E-state index in [2.05, 4.69) is 29.3 Å². The first-order chi connectivity index (χ1) is 19.5. The first-order valence-electron chi connectivity index (χ1n) is 13.3. The van der Waals surface area contributed by atoms with Crippen molar-refractivity contribution in [1.82, 2.24) is 15.5 Å². The lowest BCUT2D eigenvalue weighted by Gasteiger charge is -2.31. The second kappa shape index (κ2) is 14.6. The fourth-order valence-electron chi connectivity index (χ4n) is 3.81. The summed E-state index contributed by atoms with van der Waals surface area (Å²) in [6, 6.07) is 13.0. The van der Waals surface area contributed by atoms with Crippen LogP contribution < -0.4 is 10.6 Å². The molecule has 2 aromatic rings. The molecule has 0 aromatic heterocycles. The van der Waals surface area contributed by atoms with E-state index in [1.807, 2.05) is 6.07 Å². The van der Waals surface area contributed by atoms with E-state index >= 15 is 0 Å². The molecular formula is C31H39N3O7S. The number of phenols is 1. The van der Waals surface area contributed by atoms with Crippen molar-refractivity contribution in [3.63, 3.8) is 0 Å². The standard InChI is InChI=1S/C31H39N3O7S/c1-8-34(27(37)24(19-42)33-29(39)41-31(5,6)7)25(21-14-16-22(35)17-15-21)26(36)32-23(28(38)40-30(2,3)4)18-20-12-10-9-11-13-20/h1,9-17,23-25,35,42H,18-19H2,2-7H3,(H,32,36)(H,33,39). The highest BCUT2D eigenvalue weighted by molar-refractivity contribution is 7.80. The Morgan fingerprint density at radius 1 is 0.905 bits per heavy atom. The van der Waals surface area contributed by atoms with E-state index in [9.17, 15) is 24.3 Å². The van der Waals surface area contributed by atoms with E-state index in [0.29, 0.717) is 0 Å². The average Bonchev–Trinajstić information content (AvgIpc) is 2.88. The summed E-state index contributed by atoms with van der Waals surface area (Å²) < 4.78 is 10.8. The Hall–Kier alpha value is -4.17. The second-order valence-electron chi connectivity index (χ2n) is 11.5. The van der Waals surface area contributed by atoms with Gasteiger partial charge in [-0.2, -0.15) is 12.6 Å². The van der Waals surface area contributed by atoms with Crippen LogP contribution >= 0.6 is 12.6 Å². The van der Waals surface area contributed by atoms with Crippen LogP contribution in [0, 0.1) is 12.5 Å². The highest BCUT2D eigenvalue weighted by Crippen LogP contribution is 2.25. The molecule has 226 valence electrons. The lowest BCUT2D eigenvalue weighted by molar-refractivity contribution is -0.159. The zero-order valence-corrected chi connectivity index (χ0v) is 25.6. The molecule has 0 spiro atoms. The molecule has 0 saturated heterocycles. The van der Waals surface area contributed by atoms with E-state index < -0.39 is 53.2 Å². The summed E-state index contributed by atoms with van der Waals surface area (Å²) in [6.07, 6.45) is 5.00. The Morgan fingerprint density at radius 3 is 1.98 bits per heavy atom. The molecule has 3 N–H and O–H groups in total. The molecule has 2 rings (SSSR count). The second-order valence-corrected chi connectivity index (χ2v) is 11.9. The van der Waals surface area contributed by atoms with Crippen LogP contribution in [0.5, 0.6) is 5.75 Å². The number of ether oxygens (including phenoxy) is 2. The van der Waals surface area contributed by atoms with Gasteiger partial charge >= 0.3 is 12.1 Å². The van der Waals surface area contributed by atoms with Gasteiger partial charge in [0.2, 0.25) is 5.91 Å². The number of hydrogen-bond acceptors (Lipinski definition) is 8. The molecule has 0 radical (unpaired) electrons. The molecule has 3 amide bonds. The van der Waals surface area contributed by atoms with Crippen LogP contribution in [0.2, 0.25) is 0 Å². The van der Waals surface area contributed by atoms with Crippen LogP contribution in [0.3, 0.4) is 0 Å². The predicted molar refractivity (Wildman–Crippen MR) is 161 cm³/mol. The van der Waals surface area contributed by atoms with Crippen molar-refractivity contribution >= 4 is 36.5 Å². The topological polar surface area (TPSA) is 134 Å². The fourth-order valence-corrected chi connectivity index (χ4v) is 4.06. The molecule has 11 heteroatoms. The third-order valence-electron chi connectivity index (χ3n) is 5.55. The molecule has 2 aromatic carbocycles. The number of alkyl carbamates (subject to hydrolysis) is 1. The van der Waals surface area contributed by atoms with E-state index in [-0.39, 0.29) is 23.5 Å². The van der Waals surface area contributed by atoms with Gasteiger partial charge in [-0.15, -0.1) is 0 Å². The zero-order valence-electron chi connectivity index (χ0n) is 24.7. The van der Waals surface area contributed by atoms with Crippen molar-refractivity contribution in [3.8, 4) is 18.2 Å². The predicted octanol–water partition coefficient (Wildman–Crippen LogP) is 3.74. The van der Waals surface area contributed by atoms with E-state index in [0.717, 1.165) is 10.5 Å². The van der Waals surface area contributed by atoms with Gasteiger partial charge < -0.3 is 25.2 Å². The summed E-state index contributed by atoms with van der Waals surface area (Å²) in [5, 5.41) is 15.0. The molecule has 0 heterocycles. The van der Waals surface area contributed by atoms with Crippen molar-refractivity contribution in [2.45, 2.75) is 77.3 Å². The van der Waals surface area contributed by atoms with Crippen molar-refractivity contribution < 1.29 is 33.8 Å². The van der Waals surface area contributed by atoms with Gasteiger partial charge in [0.05, 0.1) is 0 Å². The Bertz CT molecular complexity index is 1280. The van der Waals surface area contributed by atoms with Crippen molar-refractivity contribution in [3.05, 3.63) is 65.7 Å². The molecule has 42 heavy (non-hydrogen) atoms. The van der Waals surface area contributed by atoms with E-state index in [4.69, 9.17) is 15.9 Å². The van der Waals surface area contributed by atoms with Gasteiger partial charge in [0, 0.05) is 18.2 Å². The minimum absolute atomic E-state index is 0.0768. The number of hydrogen-bond donors (Lipinski definition) is 4. The van der Waals surface area contributed by atoms with Gasteiger partial charge in [-0.3, -0.25) is 14.5 Å². The van der Waals surface area contributed by atoms with Gasteiger partial charge in [0.25, 0.3) is 5.91 Å². The minimum atomic E-state index is -1.45. The summed E-state index contributed by atoms with van der Waals surface area (Å²) in [5.41, 5.74) is -0.656. The molecule has 3 atom stereocenters. The Balaban J connectivity index is 2.47. The first-order valence-corrected chi connectivity index (χ1v) is 13.9. The van der Waals surface area contributed by atoms with Crippen molar-refractivity contribution in [1.29, 1.82) is 0 Å². The molecule has 0 aliphatic rings. The highest BCUT2D eigenvalue weighted by atomic mass is 32.1. The number of carbonyl (C=O) groups is 4. The van der Waals surface area contributed by atoms with E-state index in [1.165, 1.54) is 24.3 Å². The average molecular weight is 598 g/mol. The summed E-state index contributed by atoms with van der Waals surface area (Å²) >= 11 is 4.19. The minimum Gasteiger partial charge on any atom is -0.508 e. The smallest absolute Gasteiger partial charge is 0.408 e. The Morgan fingerprint density at radius 2 is 1.48 bits per heavy atom. The van der Waals surface area contributed by atoms with E-state index in [1.54, 1.807) is 65.8 Å². The normalized spacial score (nSPS) is 13.5. The number of carbonyl (C=O) groups excluding carboxylic acids is 4. The van der Waals surface area contributed by atoms with Crippen LogP contribution in [0.15, 0.2) is 54.6 Å². The highest BCUT2D eigenvalue weighted by Gasteiger charge is 2.37. The molecule has 0 aliphatic heterocycles. The summed E-state index contributed by atoms with van der Waals surface area (Å²) in [5.74, 6) is -2.51. The Kier molecular flexibility index (Phi) is 11.9. The molecule has 10 nitrogen and oxygen atoms in total. The quantitative estimate of drug-likeness (QED) is 0.142. The van der Waals surface area contributed by atoms with Crippen LogP contribution in [0.25, 0.3) is 0 Å². The number of esters is 1. The maximum atomic E-state index is 13.9. The summed E-state index contributed by atoms with van der Waals surface area (Å²) in [6.45, 7) is 10.1. The molecular weight excluding hydrogens is 558 g/mol. The maximum Gasteiger partial charge on any atom is 0.408 e. The first kappa shape index (κ1) is 34.0. The zero-order chi connectivity index (χ0) is 31.7. The molecule has 0 saturated carbocycles. The SMILES string of the molecule is C#CN(C(=O)C(CS)NC(=O)OC(C)(C)C)C(C(=O)NC(Cc1ccccc1)C(=O)OC(C)(C)C)c1ccc(O)cc1. The van der Waals surface area contributed by atoms with Crippen LogP contribution in [-0.4, -0.2) is 62.9 Å². The lowest BCUT2D eigenvalue weighted by atomic mass is 10.0. The number of nitrogens with zero attached hydrogens (tertiary/aromatic N) is 1. The fraction of sp³-hybridized carbons (Fsp3) is 0.419. The van der Waals surface area contributed by atoms with Crippen molar-refractivity contribution in [2.75, 3.05) is 5.75 Å². The summed E-state index contributed by atoms with van der Waals surface area (Å²) in [4.78, 5) is 54.0. The Labute approximate surface area is 252 Å². The van der Waals surface area contributed by atoms with Gasteiger partial charge in [-0.05, 0) is 64.8 Å². The number of amides is 3. The van der Waals surface area contributed by atoms with Gasteiger partial charge in [-0.1, -0.05) is 48.9 Å². The molecule has 0 fully saturated rings. The van der Waals surface area contributed by atoms with Crippen molar-refractivity contribution in [2.24, 2.45) is 0 Å². The van der Waals surface area contributed by atoms with Gasteiger partial charge in [0.1, 0.15) is 35.1 Å². The lowest BCUT2D eigenvalue weighted by Crippen LogP contribution is -2.54. The monoisotopic (exact) mass is 597 g/mol. The van der Waals surface area contributed by atoms with Crippen LogP contribution in [-0.2, 0) is 30.3 Å². The number of aromatic hydroxyl groups is 1. The third kappa shape index (κ3) is 10.7. The molecule has 0 aliphatic carbocycles. The molecule has 3 unspecified atom stereocenters. The summed E-state index contributed by atoms with van der Waals surface area (Å²) in [7, 11) is 0. The van der Waals surface area contributed by atoms with Crippen LogP contribution in [0.1, 0.15) is 58.7 Å². The third-order valence-corrected chi connectivity index (χ3v) is 5.92. The van der Waals surface area contributed by atoms with Crippen LogP contribution in [0.4, 0.5) is 4.79 Å². The molecule has 0 bridgehead atoms. The number of phenolic OH excluding ortho intramolecular Hbond substituents is 1. The number of rotatable bonds is 10. The number of benzene rings is 2. The van der Waals surface area contributed by atoms with Gasteiger partial charge in [0.15, 0.2) is 0 Å². The number of terminal acetylenes is 1.